The molecule has 3 nitrogen and oxygen atoms in total. The highest BCUT2D eigenvalue weighted by Crippen LogP contribution is 2.26. The molecule has 0 radical (unpaired) electrons. The molecule has 0 saturated heterocycles. The van der Waals surface area contributed by atoms with Gasteiger partial charge in [0.25, 0.3) is 0 Å². The Labute approximate surface area is 88.2 Å². The molecular weight excluding hydrogens is 218 g/mol. The van der Waals surface area contributed by atoms with Crippen molar-refractivity contribution in [2.45, 2.75) is 36.4 Å². The van der Waals surface area contributed by atoms with E-state index in [1.54, 1.807) is 6.07 Å². The molecule has 1 heterocycles. The van der Waals surface area contributed by atoms with Gasteiger partial charge in [0.2, 0.25) is 10.0 Å². The van der Waals surface area contributed by atoms with Crippen LogP contribution in [0.3, 0.4) is 0 Å². The largest absolute Gasteiger partial charge is 0.250 e. The minimum absolute atomic E-state index is 0.187. The summed E-state index contributed by atoms with van der Waals surface area (Å²) in [6.07, 6.45) is 2.85. The highest BCUT2D eigenvalue weighted by atomic mass is 32.2. The first-order valence-electron chi connectivity index (χ1n) is 4.73. The van der Waals surface area contributed by atoms with Crippen molar-refractivity contribution in [3.8, 4) is 0 Å². The topological polar surface area (TPSA) is 46.2 Å². The lowest BCUT2D eigenvalue weighted by molar-refractivity contribution is 0.583. The maximum atomic E-state index is 11.7. The van der Waals surface area contributed by atoms with Crippen molar-refractivity contribution in [2.75, 3.05) is 0 Å². The zero-order chi connectivity index (χ0) is 10.2. The SMILES string of the molecule is CCc1ccc(S(=O)(=O)NC2CC2)s1. The van der Waals surface area contributed by atoms with Crippen LogP contribution in [0.15, 0.2) is 16.3 Å². The average Bonchev–Trinajstić information content (AvgIpc) is 2.81. The summed E-state index contributed by atoms with van der Waals surface area (Å²) in [4.78, 5) is 1.11. The van der Waals surface area contributed by atoms with Crippen LogP contribution in [-0.4, -0.2) is 14.5 Å². The average molecular weight is 231 g/mol. The predicted octanol–water partition coefficient (Wildman–Crippen LogP) is 1.75. The Morgan fingerprint density at radius 2 is 2.21 bits per heavy atom. The summed E-state index contributed by atoms with van der Waals surface area (Å²) in [5.74, 6) is 0. The van der Waals surface area contributed by atoms with Crippen LogP contribution in [0.1, 0.15) is 24.6 Å². The third-order valence-electron chi connectivity index (χ3n) is 2.15. The summed E-state index contributed by atoms with van der Waals surface area (Å²) in [6.45, 7) is 2.02. The maximum Gasteiger partial charge on any atom is 0.250 e. The van der Waals surface area contributed by atoms with E-state index >= 15 is 0 Å². The van der Waals surface area contributed by atoms with Crippen molar-refractivity contribution in [1.29, 1.82) is 0 Å². The minimum atomic E-state index is -3.22. The van der Waals surface area contributed by atoms with Crippen LogP contribution in [0.4, 0.5) is 0 Å². The molecule has 1 fully saturated rings. The van der Waals surface area contributed by atoms with Gasteiger partial charge in [0, 0.05) is 10.9 Å². The monoisotopic (exact) mass is 231 g/mol. The Morgan fingerprint density at radius 3 is 2.71 bits per heavy atom. The second kappa shape index (κ2) is 3.64. The first-order chi connectivity index (χ1) is 6.62. The molecule has 1 aliphatic rings. The molecule has 2 rings (SSSR count). The lowest BCUT2D eigenvalue weighted by atomic mass is 10.4. The van der Waals surface area contributed by atoms with E-state index in [9.17, 15) is 8.42 Å². The van der Waals surface area contributed by atoms with Gasteiger partial charge in [0.05, 0.1) is 0 Å². The second-order valence-electron chi connectivity index (χ2n) is 3.47. The summed E-state index contributed by atoms with van der Waals surface area (Å²) in [6, 6.07) is 3.76. The Balaban J connectivity index is 2.19. The molecule has 78 valence electrons. The summed E-state index contributed by atoms with van der Waals surface area (Å²) >= 11 is 1.36. The molecule has 1 saturated carbocycles. The summed E-state index contributed by atoms with van der Waals surface area (Å²) in [7, 11) is -3.22. The van der Waals surface area contributed by atoms with Gasteiger partial charge in [0.1, 0.15) is 4.21 Å². The van der Waals surface area contributed by atoms with Gasteiger partial charge < -0.3 is 0 Å². The van der Waals surface area contributed by atoms with Gasteiger partial charge >= 0.3 is 0 Å². The zero-order valence-electron chi connectivity index (χ0n) is 7.99. The Morgan fingerprint density at radius 1 is 1.50 bits per heavy atom. The normalized spacial score (nSPS) is 17.2. The van der Waals surface area contributed by atoms with Gasteiger partial charge in [-0.2, -0.15) is 0 Å². The van der Waals surface area contributed by atoms with E-state index in [0.29, 0.717) is 4.21 Å². The third kappa shape index (κ3) is 2.16. The van der Waals surface area contributed by atoms with E-state index in [1.807, 2.05) is 13.0 Å². The Bertz CT molecular complexity index is 418. The molecule has 1 aromatic heterocycles. The molecule has 14 heavy (non-hydrogen) atoms. The molecule has 5 heteroatoms. The van der Waals surface area contributed by atoms with Crippen LogP contribution in [0, 0.1) is 0 Å². The van der Waals surface area contributed by atoms with Gasteiger partial charge in [-0.1, -0.05) is 6.92 Å². The molecule has 0 spiro atoms. The molecule has 0 unspecified atom stereocenters. The molecular formula is C9H13NO2S2. The van der Waals surface area contributed by atoms with E-state index in [-0.39, 0.29) is 6.04 Å². The molecule has 0 amide bonds. The standard InChI is InChI=1S/C9H13NO2S2/c1-2-8-5-6-9(13-8)14(11,12)10-7-3-4-7/h5-7,10H,2-4H2,1H3. The maximum absolute atomic E-state index is 11.7. The van der Waals surface area contributed by atoms with Crippen molar-refractivity contribution in [2.24, 2.45) is 0 Å². The van der Waals surface area contributed by atoms with Crippen molar-refractivity contribution in [3.63, 3.8) is 0 Å². The highest BCUT2D eigenvalue weighted by molar-refractivity contribution is 7.91. The third-order valence-corrected chi connectivity index (χ3v) is 5.39. The van der Waals surface area contributed by atoms with Crippen LogP contribution in [0.5, 0.6) is 0 Å². The van der Waals surface area contributed by atoms with Gasteiger partial charge in [-0.05, 0) is 31.4 Å². The first-order valence-corrected chi connectivity index (χ1v) is 7.03. The van der Waals surface area contributed by atoms with Crippen molar-refractivity contribution in [3.05, 3.63) is 17.0 Å². The van der Waals surface area contributed by atoms with Gasteiger partial charge in [-0.3, -0.25) is 0 Å². The molecule has 0 atom stereocenters. The van der Waals surface area contributed by atoms with E-state index in [0.717, 1.165) is 24.1 Å². The highest BCUT2D eigenvalue weighted by Gasteiger charge is 2.28. The lowest BCUT2D eigenvalue weighted by Gasteiger charge is -2.01. The number of sulfonamides is 1. The number of hydrogen-bond donors (Lipinski definition) is 1. The minimum Gasteiger partial charge on any atom is -0.207 e. The quantitative estimate of drug-likeness (QED) is 0.858. The Hall–Kier alpha value is -0.390. The first kappa shape index (κ1) is 10.1. The van der Waals surface area contributed by atoms with Gasteiger partial charge in [-0.25, -0.2) is 13.1 Å². The number of rotatable bonds is 4. The van der Waals surface area contributed by atoms with Crippen LogP contribution >= 0.6 is 11.3 Å². The molecule has 1 N–H and O–H groups in total. The summed E-state index contributed by atoms with van der Waals surface area (Å²) in [5, 5.41) is 0. The molecule has 0 aliphatic heterocycles. The molecule has 0 aromatic carbocycles. The van der Waals surface area contributed by atoms with E-state index in [1.165, 1.54) is 11.3 Å². The van der Waals surface area contributed by atoms with Crippen LogP contribution < -0.4 is 4.72 Å². The van der Waals surface area contributed by atoms with Crippen LogP contribution in [-0.2, 0) is 16.4 Å². The fourth-order valence-corrected chi connectivity index (χ4v) is 3.79. The van der Waals surface area contributed by atoms with Crippen LogP contribution in [0.2, 0.25) is 0 Å². The number of nitrogens with one attached hydrogen (secondary N) is 1. The molecule has 0 bridgehead atoms. The van der Waals surface area contributed by atoms with Gasteiger partial charge in [0.15, 0.2) is 0 Å². The van der Waals surface area contributed by atoms with Crippen LogP contribution in [0.25, 0.3) is 0 Å². The predicted molar refractivity (Wildman–Crippen MR) is 57.0 cm³/mol. The van der Waals surface area contributed by atoms with E-state index in [2.05, 4.69) is 4.72 Å². The fraction of sp³-hybridized carbons (Fsp3) is 0.556. The van der Waals surface area contributed by atoms with E-state index < -0.39 is 10.0 Å². The smallest absolute Gasteiger partial charge is 0.207 e. The number of thiophene rings is 1. The van der Waals surface area contributed by atoms with Crippen molar-refractivity contribution < 1.29 is 8.42 Å². The lowest BCUT2D eigenvalue weighted by Crippen LogP contribution is -2.24. The zero-order valence-corrected chi connectivity index (χ0v) is 9.62. The number of aryl methyl sites for hydroxylation is 1. The fourth-order valence-electron chi connectivity index (χ4n) is 1.17. The van der Waals surface area contributed by atoms with Gasteiger partial charge in [-0.15, -0.1) is 11.3 Å². The molecule has 1 aromatic rings. The second-order valence-corrected chi connectivity index (χ2v) is 6.58. The Kier molecular flexibility index (Phi) is 2.64. The summed E-state index contributed by atoms with van der Waals surface area (Å²) in [5.41, 5.74) is 0. The number of hydrogen-bond acceptors (Lipinski definition) is 3. The molecule has 1 aliphatic carbocycles. The van der Waals surface area contributed by atoms with Crippen molar-refractivity contribution in [1.82, 2.24) is 4.72 Å². The summed E-state index contributed by atoms with van der Waals surface area (Å²) < 4.78 is 26.5. The van der Waals surface area contributed by atoms with Crippen molar-refractivity contribution >= 4 is 21.4 Å². The van der Waals surface area contributed by atoms with E-state index in [4.69, 9.17) is 0 Å².